The summed E-state index contributed by atoms with van der Waals surface area (Å²) < 4.78 is 14.8. The number of hydrogen-bond donors (Lipinski definition) is 1. The van der Waals surface area contributed by atoms with Crippen molar-refractivity contribution < 1.29 is 4.39 Å². The van der Waals surface area contributed by atoms with E-state index in [-0.39, 0.29) is 6.04 Å². The van der Waals surface area contributed by atoms with Gasteiger partial charge in [0.15, 0.2) is 5.65 Å². The maximum absolute atomic E-state index is 13.2. The van der Waals surface area contributed by atoms with E-state index >= 15 is 0 Å². The Kier molecular flexibility index (Phi) is 2.40. The number of aryl methyl sites for hydroxylation is 1. The molecule has 2 aromatic heterocycles. The molecule has 0 aliphatic carbocycles. The summed E-state index contributed by atoms with van der Waals surface area (Å²) in [5.41, 5.74) is 7.90. The lowest BCUT2D eigenvalue weighted by Crippen LogP contribution is -2.09. The van der Waals surface area contributed by atoms with Gasteiger partial charge in [-0.15, -0.1) is 0 Å². The highest BCUT2D eigenvalue weighted by Crippen LogP contribution is 2.23. The first-order chi connectivity index (χ1) is 7.00. The fourth-order valence-corrected chi connectivity index (χ4v) is 1.99. The monoisotopic (exact) mass is 227 g/mol. The summed E-state index contributed by atoms with van der Waals surface area (Å²) >= 11 is 5.89. The van der Waals surface area contributed by atoms with Crippen molar-refractivity contribution in [3.8, 4) is 0 Å². The molecule has 0 fully saturated rings. The van der Waals surface area contributed by atoms with E-state index in [4.69, 9.17) is 17.3 Å². The molecule has 2 rings (SSSR count). The molecule has 0 amide bonds. The van der Waals surface area contributed by atoms with Crippen molar-refractivity contribution >= 4 is 17.2 Å². The number of hydrogen-bond acceptors (Lipinski definition) is 2. The number of aromatic nitrogens is 2. The zero-order chi connectivity index (χ0) is 11.2. The Balaban J connectivity index is 2.86. The molecule has 0 spiro atoms. The minimum atomic E-state index is -0.396. The van der Waals surface area contributed by atoms with Crippen LogP contribution in [-0.2, 0) is 0 Å². The minimum absolute atomic E-state index is 0.210. The second-order valence-electron chi connectivity index (χ2n) is 3.57. The van der Waals surface area contributed by atoms with Crippen molar-refractivity contribution in [3.63, 3.8) is 0 Å². The van der Waals surface area contributed by atoms with Gasteiger partial charge in [-0.2, -0.15) is 0 Å². The molecule has 1 unspecified atom stereocenters. The number of halogens is 2. The van der Waals surface area contributed by atoms with Crippen LogP contribution in [0.5, 0.6) is 0 Å². The zero-order valence-corrected chi connectivity index (χ0v) is 9.22. The Hall–Kier alpha value is -1.13. The molecule has 0 aliphatic rings. The number of nitrogens with zero attached hydrogens (tertiary/aromatic N) is 2. The van der Waals surface area contributed by atoms with Crippen LogP contribution in [0, 0.1) is 12.7 Å². The summed E-state index contributed by atoms with van der Waals surface area (Å²) in [6.45, 7) is 3.66. The molecule has 1 atom stereocenters. The third-order valence-electron chi connectivity index (χ3n) is 2.29. The van der Waals surface area contributed by atoms with Crippen molar-refractivity contribution in [1.82, 2.24) is 9.38 Å². The maximum Gasteiger partial charge on any atom is 0.156 e. The molecule has 80 valence electrons. The van der Waals surface area contributed by atoms with Gasteiger partial charge in [0, 0.05) is 12.2 Å². The molecule has 3 nitrogen and oxygen atoms in total. The second-order valence-corrected chi connectivity index (χ2v) is 3.98. The molecular weight excluding hydrogens is 217 g/mol. The first-order valence-electron chi connectivity index (χ1n) is 4.60. The molecule has 0 aromatic carbocycles. The van der Waals surface area contributed by atoms with Crippen LogP contribution in [0.1, 0.15) is 24.4 Å². The Morgan fingerprint density at radius 1 is 1.60 bits per heavy atom. The molecule has 15 heavy (non-hydrogen) atoms. The number of imidazole rings is 1. The minimum Gasteiger partial charge on any atom is -0.323 e. The van der Waals surface area contributed by atoms with Gasteiger partial charge in [-0.1, -0.05) is 11.6 Å². The van der Waals surface area contributed by atoms with E-state index in [1.165, 1.54) is 12.3 Å². The van der Waals surface area contributed by atoms with Gasteiger partial charge >= 0.3 is 0 Å². The molecule has 5 heteroatoms. The van der Waals surface area contributed by atoms with Gasteiger partial charge in [-0.25, -0.2) is 9.37 Å². The summed E-state index contributed by atoms with van der Waals surface area (Å²) in [4.78, 5) is 4.26. The van der Waals surface area contributed by atoms with E-state index in [9.17, 15) is 4.39 Å². The van der Waals surface area contributed by atoms with E-state index in [2.05, 4.69) is 4.98 Å². The molecule has 0 bridgehead atoms. The van der Waals surface area contributed by atoms with Crippen LogP contribution in [0.25, 0.3) is 5.65 Å². The van der Waals surface area contributed by atoms with Crippen molar-refractivity contribution in [1.29, 1.82) is 0 Å². The predicted octanol–water partition coefficient (Wildman–Crippen LogP) is 2.45. The lowest BCUT2D eigenvalue weighted by Gasteiger charge is -2.06. The third-order valence-corrected chi connectivity index (χ3v) is 2.57. The second kappa shape index (κ2) is 3.47. The molecule has 2 N–H and O–H groups in total. The average molecular weight is 228 g/mol. The van der Waals surface area contributed by atoms with Gasteiger partial charge in [0.05, 0.1) is 16.4 Å². The van der Waals surface area contributed by atoms with Crippen LogP contribution in [-0.4, -0.2) is 9.38 Å². The van der Waals surface area contributed by atoms with Crippen molar-refractivity contribution in [2.75, 3.05) is 0 Å². The number of pyridine rings is 1. The molecule has 0 saturated heterocycles. The van der Waals surface area contributed by atoms with Crippen molar-refractivity contribution in [3.05, 3.63) is 34.5 Å². The molecule has 2 aromatic rings. The number of fused-ring (bicyclic) bond motifs is 1. The lowest BCUT2D eigenvalue weighted by atomic mass is 10.2. The van der Waals surface area contributed by atoms with Crippen LogP contribution in [0.3, 0.4) is 0 Å². The van der Waals surface area contributed by atoms with Gasteiger partial charge in [-0.3, -0.25) is 4.40 Å². The van der Waals surface area contributed by atoms with Crippen LogP contribution in [0.2, 0.25) is 5.02 Å². The summed E-state index contributed by atoms with van der Waals surface area (Å²) in [6, 6.07) is 1.03. The van der Waals surface area contributed by atoms with Gasteiger partial charge in [0.1, 0.15) is 5.82 Å². The summed E-state index contributed by atoms with van der Waals surface area (Å²) in [5, 5.41) is 0.296. The molecule has 2 heterocycles. The van der Waals surface area contributed by atoms with Crippen LogP contribution in [0.4, 0.5) is 4.39 Å². The Morgan fingerprint density at radius 3 is 2.87 bits per heavy atom. The topological polar surface area (TPSA) is 43.3 Å². The van der Waals surface area contributed by atoms with Gasteiger partial charge in [-0.05, 0) is 19.9 Å². The number of rotatable bonds is 1. The smallest absolute Gasteiger partial charge is 0.156 e. The fourth-order valence-electron chi connectivity index (χ4n) is 1.75. The highest BCUT2D eigenvalue weighted by molar-refractivity contribution is 6.33. The van der Waals surface area contributed by atoms with Gasteiger partial charge in [0.2, 0.25) is 0 Å². The first-order valence-corrected chi connectivity index (χ1v) is 4.97. The normalized spacial score (nSPS) is 13.4. The summed E-state index contributed by atoms with van der Waals surface area (Å²) in [5.74, 6) is -0.396. The van der Waals surface area contributed by atoms with E-state index in [0.29, 0.717) is 10.7 Å². The summed E-state index contributed by atoms with van der Waals surface area (Å²) in [7, 11) is 0. The number of nitrogens with two attached hydrogens (primary N) is 1. The lowest BCUT2D eigenvalue weighted by molar-refractivity contribution is 0.615. The summed E-state index contributed by atoms with van der Waals surface area (Å²) in [6.07, 6.45) is 1.35. The van der Waals surface area contributed by atoms with Gasteiger partial charge < -0.3 is 5.73 Å². The van der Waals surface area contributed by atoms with E-state index in [1.807, 2.05) is 13.8 Å². The fraction of sp³-hybridized carbons (Fsp3) is 0.300. The van der Waals surface area contributed by atoms with E-state index in [0.717, 1.165) is 11.4 Å². The van der Waals surface area contributed by atoms with Gasteiger partial charge in [0.25, 0.3) is 0 Å². The zero-order valence-electron chi connectivity index (χ0n) is 8.46. The Morgan fingerprint density at radius 2 is 2.27 bits per heavy atom. The Labute approximate surface area is 91.7 Å². The highest BCUT2D eigenvalue weighted by atomic mass is 35.5. The first kappa shape index (κ1) is 10.4. The Bertz CT molecular complexity index is 519. The van der Waals surface area contributed by atoms with Crippen LogP contribution >= 0.6 is 11.6 Å². The molecule has 0 saturated carbocycles. The average Bonchev–Trinajstić information content (AvgIpc) is 2.41. The predicted molar refractivity (Wildman–Crippen MR) is 57.5 cm³/mol. The molecule has 0 radical (unpaired) electrons. The molecule has 0 aliphatic heterocycles. The maximum atomic E-state index is 13.2. The standard InChI is InChI=1S/C10H11ClFN3/c1-5(13)9-6(2)14-10-8(11)3-7(12)4-15(9)10/h3-5H,13H2,1-2H3. The largest absolute Gasteiger partial charge is 0.323 e. The highest BCUT2D eigenvalue weighted by Gasteiger charge is 2.15. The van der Waals surface area contributed by atoms with E-state index < -0.39 is 5.82 Å². The molecular formula is C10H11ClFN3. The SMILES string of the molecule is Cc1nc2c(Cl)cc(F)cn2c1C(C)N. The van der Waals surface area contributed by atoms with Crippen molar-refractivity contribution in [2.24, 2.45) is 5.73 Å². The van der Waals surface area contributed by atoms with Crippen LogP contribution < -0.4 is 5.73 Å². The van der Waals surface area contributed by atoms with E-state index in [1.54, 1.807) is 4.40 Å². The van der Waals surface area contributed by atoms with Crippen molar-refractivity contribution in [2.45, 2.75) is 19.9 Å². The van der Waals surface area contributed by atoms with Crippen LogP contribution in [0.15, 0.2) is 12.3 Å². The third kappa shape index (κ3) is 1.60. The quantitative estimate of drug-likeness (QED) is 0.813.